The van der Waals surface area contributed by atoms with Crippen molar-refractivity contribution >= 4 is 55.0 Å². The van der Waals surface area contributed by atoms with Crippen molar-refractivity contribution in [3.8, 4) is 17.0 Å². The summed E-state index contributed by atoms with van der Waals surface area (Å²) in [6.07, 6.45) is -0.774. The molecule has 1 unspecified atom stereocenters. The maximum absolute atomic E-state index is 13.3. The number of amides is 1. The molecule has 0 saturated carbocycles. The number of benzene rings is 3. The first-order valence-electron chi connectivity index (χ1n) is 9.90. The normalized spacial score (nSPS) is 11.8. The van der Waals surface area contributed by atoms with Crippen LogP contribution in [0.25, 0.3) is 22.0 Å². The lowest BCUT2D eigenvalue weighted by atomic mass is 9.99. The largest absolute Gasteiger partial charge is 0.506 e. The number of aryl methyl sites for hydroxylation is 1. The smallest absolute Gasteiger partial charge is 0.295 e. The lowest BCUT2D eigenvalue weighted by Crippen LogP contribution is -2.38. The Kier molecular flexibility index (Phi) is 6.80. The number of hydrogen-bond donors (Lipinski definition) is 2. The first-order chi connectivity index (χ1) is 15.9. The van der Waals surface area contributed by atoms with Gasteiger partial charge in [-0.2, -0.15) is 0 Å². The Morgan fingerprint density at radius 1 is 1.18 bits per heavy atom. The topological polar surface area (TPSA) is 102 Å². The molecule has 0 saturated heterocycles. The fraction of sp³-hybridized carbons (Fsp3) is 0.125. The fourth-order valence-electron chi connectivity index (χ4n) is 3.62. The van der Waals surface area contributed by atoms with Crippen LogP contribution in [0.15, 0.2) is 68.1 Å². The number of hydrogen-bond acceptors (Lipinski definition) is 6. The van der Waals surface area contributed by atoms with Crippen LogP contribution in [0.4, 0.5) is 0 Å². The number of nitrogens with one attached hydrogen (secondary N) is 1. The van der Waals surface area contributed by atoms with Crippen molar-refractivity contribution in [2.75, 3.05) is 0 Å². The number of halogens is 2. The highest BCUT2D eigenvalue weighted by Gasteiger charge is 2.25. The van der Waals surface area contributed by atoms with Gasteiger partial charge in [0, 0.05) is 12.0 Å². The molecule has 1 aromatic heterocycles. The summed E-state index contributed by atoms with van der Waals surface area (Å²) >= 11 is 6.55. The van der Waals surface area contributed by atoms with Crippen LogP contribution in [0.3, 0.4) is 0 Å². The van der Waals surface area contributed by atoms with E-state index < -0.39 is 12.1 Å². The Bertz CT molecular complexity index is 1320. The van der Waals surface area contributed by atoms with Crippen molar-refractivity contribution in [3.05, 3.63) is 80.4 Å². The second-order valence-corrected chi connectivity index (χ2v) is 9.00. The molecule has 0 aliphatic heterocycles. The Morgan fingerprint density at radius 3 is 2.61 bits per heavy atom. The zero-order chi connectivity index (χ0) is 23.5. The summed E-state index contributed by atoms with van der Waals surface area (Å²) < 4.78 is 11.4. The van der Waals surface area contributed by atoms with Crippen LogP contribution in [-0.4, -0.2) is 28.9 Å². The van der Waals surface area contributed by atoms with Crippen molar-refractivity contribution in [1.82, 2.24) is 10.5 Å². The van der Waals surface area contributed by atoms with Crippen LogP contribution in [0.2, 0.25) is 0 Å². The summed E-state index contributed by atoms with van der Waals surface area (Å²) in [5.41, 5.74) is 2.14. The summed E-state index contributed by atoms with van der Waals surface area (Å²) in [6, 6.07) is 16.9. The fourth-order valence-corrected chi connectivity index (χ4v) is 4.91. The van der Waals surface area contributed by atoms with E-state index in [1.54, 1.807) is 19.1 Å². The summed E-state index contributed by atoms with van der Waals surface area (Å²) in [7, 11) is 0. The van der Waals surface area contributed by atoms with Gasteiger partial charge in [0.1, 0.15) is 22.8 Å². The van der Waals surface area contributed by atoms with Gasteiger partial charge >= 0.3 is 0 Å². The molecule has 0 spiro atoms. The van der Waals surface area contributed by atoms with Crippen molar-refractivity contribution in [3.63, 3.8) is 0 Å². The lowest BCUT2D eigenvalue weighted by molar-refractivity contribution is -0.134. The predicted molar refractivity (Wildman–Crippen MR) is 130 cm³/mol. The van der Waals surface area contributed by atoms with Crippen LogP contribution < -0.4 is 5.32 Å². The predicted octanol–water partition coefficient (Wildman–Crippen LogP) is 5.51. The van der Waals surface area contributed by atoms with Crippen LogP contribution in [0.1, 0.15) is 21.7 Å². The Hall–Kier alpha value is -3.17. The number of phenols is 1. The second-order valence-electron chi connectivity index (χ2n) is 7.30. The van der Waals surface area contributed by atoms with Crippen LogP contribution in [-0.2, 0) is 16.0 Å². The van der Waals surface area contributed by atoms with E-state index in [-0.39, 0.29) is 24.2 Å². The molecule has 7 nitrogen and oxygen atoms in total. The van der Waals surface area contributed by atoms with Gasteiger partial charge in [-0.05, 0) is 67.3 Å². The molecule has 0 aliphatic rings. The number of ether oxygens (including phenoxy) is 1. The zero-order valence-electron chi connectivity index (χ0n) is 17.3. The third-order valence-corrected chi connectivity index (χ3v) is 6.35. The van der Waals surface area contributed by atoms with Gasteiger partial charge in [-0.15, -0.1) is 0 Å². The lowest BCUT2D eigenvalue weighted by Gasteiger charge is -2.18. The van der Waals surface area contributed by atoms with Crippen molar-refractivity contribution in [1.29, 1.82) is 0 Å². The van der Waals surface area contributed by atoms with Crippen molar-refractivity contribution in [2.24, 2.45) is 0 Å². The van der Waals surface area contributed by atoms with Gasteiger partial charge in [0.15, 0.2) is 6.23 Å². The average Bonchev–Trinajstić information content (AvgIpc) is 3.18. The molecule has 4 aromatic rings. The number of aromatic hydroxyl groups is 1. The molecule has 33 heavy (non-hydrogen) atoms. The highest BCUT2D eigenvalue weighted by atomic mass is 79.9. The maximum atomic E-state index is 13.3. The summed E-state index contributed by atoms with van der Waals surface area (Å²) in [5, 5.41) is 18.7. The zero-order valence-corrected chi connectivity index (χ0v) is 20.5. The van der Waals surface area contributed by atoms with E-state index in [1.807, 2.05) is 42.5 Å². The van der Waals surface area contributed by atoms with Gasteiger partial charge in [-0.3, -0.25) is 9.59 Å². The second kappa shape index (κ2) is 9.76. The van der Waals surface area contributed by atoms with Gasteiger partial charge in [0.05, 0.1) is 8.95 Å². The van der Waals surface area contributed by atoms with E-state index in [4.69, 9.17) is 9.26 Å². The SMILES string of the molecule is Cc1onc(-c2cccc3ccccc23)c1C(=O)NC(Cc1cc(Br)c(O)c(Br)c1)OC=O. The summed E-state index contributed by atoms with van der Waals surface area (Å²) in [4.78, 5) is 24.4. The highest BCUT2D eigenvalue weighted by molar-refractivity contribution is 9.11. The average molecular weight is 574 g/mol. The molecular formula is C24H18Br2N2O5. The third kappa shape index (κ3) is 4.79. The molecule has 168 valence electrons. The van der Waals surface area contributed by atoms with Gasteiger partial charge in [-0.25, -0.2) is 0 Å². The number of aromatic nitrogens is 1. The molecule has 9 heteroatoms. The molecule has 1 amide bonds. The van der Waals surface area contributed by atoms with Gasteiger partial charge in [-0.1, -0.05) is 47.6 Å². The maximum Gasteiger partial charge on any atom is 0.295 e. The van der Waals surface area contributed by atoms with Crippen molar-refractivity contribution < 1.29 is 24.0 Å². The van der Waals surface area contributed by atoms with E-state index in [0.717, 1.165) is 21.9 Å². The minimum atomic E-state index is -0.951. The van der Waals surface area contributed by atoms with Gasteiger partial charge < -0.3 is 19.7 Å². The number of fused-ring (bicyclic) bond motifs is 1. The summed E-state index contributed by atoms with van der Waals surface area (Å²) in [5.74, 6) is -0.0914. The van der Waals surface area contributed by atoms with E-state index in [1.165, 1.54) is 0 Å². The molecule has 1 atom stereocenters. The molecule has 4 rings (SSSR count). The van der Waals surface area contributed by atoms with Crippen molar-refractivity contribution in [2.45, 2.75) is 19.6 Å². The Labute approximate surface area is 206 Å². The van der Waals surface area contributed by atoms with E-state index >= 15 is 0 Å². The monoisotopic (exact) mass is 572 g/mol. The minimum absolute atomic E-state index is 0.0514. The molecular weight excluding hydrogens is 556 g/mol. The molecule has 2 N–H and O–H groups in total. The third-order valence-electron chi connectivity index (χ3n) is 5.14. The molecule has 0 bridgehead atoms. The number of rotatable bonds is 7. The first kappa shape index (κ1) is 23.0. The van der Waals surface area contributed by atoms with E-state index in [2.05, 4.69) is 42.3 Å². The first-order valence-corrected chi connectivity index (χ1v) is 11.5. The molecule has 3 aromatic carbocycles. The Balaban J connectivity index is 1.65. The van der Waals surface area contributed by atoms with Gasteiger partial charge in [0.2, 0.25) is 0 Å². The number of carbonyl (C=O) groups excluding carboxylic acids is 2. The molecule has 1 heterocycles. The molecule has 0 fully saturated rings. The van der Waals surface area contributed by atoms with Crippen LogP contribution in [0, 0.1) is 6.92 Å². The van der Waals surface area contributed by atoms with Gasteiger partial charge in [0.25, 0.3) is 12.4 Å². The number of carbonyl (C=O) groups is 2. The number of phenolic OH excluding ortho intramolecular Hbond substituents is 1. The molecule has 0 radical (unpaired) electrons. The highest BCUT2D eigenvalue weighted by Crippen LogP contribution is 2.34. The van der Waals surface area contributed by atoms with E-state index in [0.29, 0.717) is 20.4 Å². The minimum Gasteiger partial charge on any atom is -0.506 e. The summed E-state index contributed by atoms with van der Waals surface area (Å²) in [6.45, 7) is 1.93. The van der Waals surface area contributed by atoms with Crippen LogP contribution in [0.5, 0.6) is 5.75 Å². The Morgan fingerprint density at radius 2 is 1.88 bits per heavy atom. The number of nitrogens with zero attached hydrogens (tertiary/aromatic N) is 1. The van der Waals surface area contributed by atoms with E-state index in [9.17, 15) is 14.7 Å². The standard InChI is InChI=1S/C24H18Br2N2O5/c1-13-21(22(28-33-13)17-8-4-6-15-5-2-3-7-16(15)17)24(31)27-20(32-12-29)11-14-9-18(25)23(30)19(26)10-14/h2-10,12,20,30H,11H2,1H3,(H,27,31). The quantitative estimate of drug-likeness (QED) is 0.223. The molecule has 0 aliphatic carbocycles. The van der Waals surface area contributed by atoms with Crippen LogP contribution >= 0.6 is 31.9 Å².